The lowest BCUT2D eigenvalue weighted by Gasteiger charge is -2.05. The van der Waals surface area contributed by atoms with Crippen molar-refractivity contribution in [1.82, 2.24) is 10.1 Å². The van der Waals surface area contributed by atoms with E-state index < -0.39 is 5.97 Å². The van der Waals surface area contributed by atoms with Crippen LogP contribution in [-0.4, -0.2) is 16.1 Å². The van der Waals surface area contributed by atoms with Crippen molar-refractivity contribution in [2.45, 2.75) is 6.61 Å². The van der Waals surface area contributed by atoms with Crippen molar-refractivity contribution >= 4 is 34.6 Å². The van der Waals surface area contributed by atoms with Gasteiger partial charge in [-0.15, -0.1) is 0 Å². The second kappa shape index (κ2) is 6.17. The molecule has 2 heterocycles. The fourth-order valence-corrected chi connectivity index (χ4v) is 2.54. The zero-order valence-corrected chi connectivity index (χ0v) is 12.7. The Kier molecular flexibility index (Phi) is 4.08. The van der Waals surface area contributed by atoms with Crippen LogP contribution in [0.2, 0.25) is 5.02 Å². The molecule has 22 heavy (non-hydrogen) atoms. The van der Waals surface area contributed by atoms with Crippen LogP contribution in [0.3, 0.4) is 0 Å². The van der Waals surface area contributed by atoms with Gasteiger partial charge >= 0.3 is 5.97 Å². The average molecular weight is 336 g/mol. The largest absolute Gasteiger partial charge is 0.452 e. The molecular weight excluding hydrogens is 326 g/mol. The van der Waals surface area contributed by atoms with Gasteiger partial charge in [0, 0.05) is 21.7 Å². The van der Waals surface area contributed by atoms with Crippen molar-refractivity contribution in [3.8, 4) is 11.4 Å². The predicted molar refractivity (Wildman–Crippen MR) is 82.6 cm³/mol. The molecule has 0 unspecified atom stereocenters. The van der Waals surface area contributed by atoms with E-state index in [0.29, 0.717) is 16.5 Å². The second-order valence-corrected chi connectivity index (χ2v) is 5.55. The minimum absolute atomic E-state index is 0.137. The van der Waals surface area contributed by atoms with E-state index in [-0.39, 0.29) is 18.1 Å². The number of esters is 1. The van der Waals surface area contributed by atoms with E-state index in [4.69, 9.17) is 26.6 Å². The highest BCUT2D eigenvalue weighted by Gasteiger charge is 2.15. The van der Waals surface area contributed by atoms with Gasteiger partial charge in [0.1, 0.15) is 0 Å². The molecule has 0 aliphatic carbocycles. The number of thiophene rings is 1. The van der Waals surface area contributed by atoms with Crippen molar-refractivity contribution < 1.29 is 14.1 Å². The van der Waals surface area contributed by atoms with E-state index >= 15 is 0 Å². The fourth-order valence-electron chi connectivity index (χ4n) is 1.73. The minimum Gasteiger partial charge on any atom is -0.452 e. The lowest BCUT2D eigenvalue weighted by atomic mass is 10.2. The molecule has 0 atom stereocenters. The molecule has 6 nitrogen and oxygen atoms in total. The molecule has 3 aromatic rings. The van der Waals surface area contributed by atoms with Gasteiger partial charge in [-0.3, -0.25) is 0 Å². The number of benzene rings is 1. The summed E-state index contributed by atoms with van der Waals surface area (Å²) >= 11 is 7.36. The Hall–Kier alpha value is -2.38. The summed E-state index contributed by atoms with van der Waals surface area (Å²) in [4.78, 5) is 16.1. The van der Waals surface area contributed by atoms with Crippen LogP contribution in [0.25, 0.3) is 11.4 Å². The number of rotatable bonds is 4. The van der Waals surface area contributed by atoms with Gasteiger partial charge in [-0.05, 0) is 29.6 Å². The number of carbonyl (C=O) groups excluding carboxylic acids is 1. The van der Waals surface area contributed by atoms with E-state index in [2.05, 4.69) is 10.1 Å². The molecule has 112 valence electrons. The van der Waals surface area contributed by atoms with E-state index in [1.165, 1.54) is 17.4 Å². The molecule has 0 spiro atoms. The molecule has 1 aromatic carbocycles. The van der Waals surface area contributed by atoms with E-state index in [1.807, 2.05) is 16.8 Å². The SMILES string of the molecule is Nc1ccc(Cl)cc1C(=O)OCc1nc(-c2ccsc2)no1. The zero-order valence-electron chi connectivity index (χ0n) is 11.2. The monoisotopic (exact) mass is 335 g/mol. The molecular formula is C14H10ClN3O3S. The van der Waals surface area contributed by atoms with Crippen LogP contribution >= 0.6 is 22.9 Å². The first-order valence-electron chi connectivity index (χ1n) is 6.21. The third kappa shape index (κ3) is 3.10. The summed E-state index contributed by atoms with van der Waals surface area (Å²) in [7, 11) is 0. The van der Waals surface area contributed by atoms with Crippen molar-refractivity contribution in [1.29, 1.82) is 0 Å². The molecule has 0 fully saturated rings. The quantitative estimate of drug-likeness (QED) is 0.580. The van der Waals surface area contributed by atoms with Crippen molar-refractivity contribution in [2.24, 2.45) is 0 Å². The first kappa shape index (κ1) is 14.6. The molecule has 0 aliphatic rings. The molecule has 2 aromatic heterocycles. The van der Waals surface area contributed by atoms with Gasteiger partial charge in [-0.1, -0.05) is 16.8 Å². The van der Waals surface area contributed by atoms with Crippen LogP contribution in [0.4, 0.5) is 5.69 Å². The van der Waals surface area contributed by atoms with Crippen LogP contribution in [0.15, 0.2) is 39.5 Å². The number of nitrogen functional groups attached to an aromatic ring is 1. The Morgan fingerprint density at radius 2 is 2.27 bits per heavy atom. The van der Waals surface area contributed by atoms with E-state index in [0.717, 1.165) is 5.56 Å². The summed E-state index contributed by atoms with van der Waals surface area (Å²) in [5, 5.41) is 8.03. The molecule has 0 saturated heterocycles. The van der Waals surface area contributed by atoms with Gasteiger partial charge in [0.25, 0.3) is 5.89 Å². The second-order valence-electron chi connectivity index (χ2n) is 4.33. The Morgan fingerprint density at radius 1 is 1.41 bits per heavy atom. The maximum atomic E-state index is 12.0. The van der Waals surface area contributed by atoms with Crippen molar-refractivity contribution in [3.05, 3.63) is 51.5 Å². The molecule has 2 N–H and O–H groups in total. The molecule has 0 radical (unpaired) electrons. The summed E-state index contributed by atoms with van der Waals surface area (Å²) in [5.41, 5.74) is 7.06. The number of nitrogens with two attached hydrogens (primary N) is 1. The van der Waals surface area contributed by atoms with E-state index in [9.17, 15) is 4.79 Å². The molecule has 8 heteroatoms. The predicted octanol–water partition coefficient (Wildman–Crippen LogP) is 3.39. The number of hydrogen-bond donors (Lipinski definition) is 1. The van der Waals surface area contributed by atoms with Gasteiger partial charge in [0.15, 0.2) is 6.61 Å². The molecule has 3 rings (SSSR count). The number of nitrogens with zero attached hydrogens (tertiary/aromatic N) is 2. The molecule has 0 amide bonds. The van der Waals surface area contributed by atoms with Crippen LogP contribution in [0.5, 0.6) is 0 Å². The summed E-state index contributed by atoms with van der Waals surface area (Å²) in [6.45, 7) is -0.137. The number of hydrogen-bond acceptors (Lipinski definition) is 7. The third-order valence-electron chi connectivity index (χ3n) is 2.81. The van der Waals surface area contributed by atoms with Crippen molar-refractivity contribution in [3.63, 3.8) is 0 Å². The Balaban J connectivity index is 1.67. The van der Waals surface area contributed by atoms with Gasteiger partial charge in [0.2, 0.25) is 5.82 Å². The van der Waals surface area contributed by atoms with Gasteiger partial charge in [-0.25, -0.2) is 4.79 Å². The lowest BCUT2D eigenvalue weighted by molar-refractivity contribution is 0.0431. The highest BCUT2D eigenvalue weighted by molar-refractivity contribution is 7.08. The van der Waals surface area contributed by atoms with Crippen LogP contribution in [0.1, 0.15) is 16.2 Å². The standard InChI is InChI=1S/C14H10ClN3O3S/c15-9-1-2-11(16)10(5-9)14(19)20-6-12-17-13(18-21-12)8-3-4-22-7-8/h1-5,7H,6,16H2. The maximum Gasteiger partial charge on any atom is 0.340 e. The topological polar surface area (TPSA) is 91.2 Å². The first-order valence-corrected chi connectivity index (χ1v) is 7.53. The number of aromatic nitrogens is 2. The smallest absolute Gasteiger partial charge is 0.340 e. The average Bonchev–Trinajstić information content (AvgIpc) is 3.17. The Labute approximate surface area is 134 Å². The molecule has 0 saturated carbocycles. The number of ether oxygens (including phenoxy) is 1. The maximum absolute atomic E-state index is 12.0. The minimum atomic E-state index is -0.602. The van der Waals surface area contributed by atoms with E-state index in [1.54, 1.807) is 12.1 Å². The van der Waals surface area contributed by atoms with Gasteiger partial charge in [0.05, 0.1) is 5.56 Å². The molecule has 0 aliphatic heterocycles. The fraction of sp³-hybridized carbons (Fsp3) is 0.0714. The van der Waals surface area contributed by atoms with Gasteiger partial charge < -0.3 is 15.0 Å². The third-order valence-corrected chi connectivity index (χ3v) is 3.73. The Morgan fingerprint density at radius 3 is 3.05 bits per heavy atom. The highest BCUT2D eigenvalue weighted by atomic mass is 35.5. The number of anilines is 1. The first-order chi connectivity index (χ1) is 10.6. The van der Waals surface area contributed by atoms with Gasteiger partial charge in [-0.2, -0.15) is 16.3 Å². The number of carbonyl (C=O) groups is 1. The number of halogens is 1. The highest BCUT2D eigenvalue weighted by Crippen LogP contribution is 2.21. The summed E-state index contributed by atoms with van der Waals surface area (Å²) < 4.78 is 10.1. The van der Waals surface area contributed by atoms with Crippen LogP contribution in [-0.2, 0) is 11.3 Å². The van der Waals surface area contributed by atoms with Crippen LogP contribution < -0.4 is 5.73 Å². The lowest BCUT2D eigenvalue weighted by Crippen LogP contribution is -2.08. The summed E-state index contributed by atoms with van der Waals surface area (Å²) in [5.74, 6) is 0.0556. The van der Waals surface area contributed by atoms with Crippen LogP contribution in [0, 0.1) is 0 Å². The normalized spacial score (nSPS) is 10.6. The van der Waals surface area contributed by atoms with Crippen molar-refractivity contribution in [2.75, 3.05) is 5.73 Å². The zero-order chi connectivity index (χ0) is 15.5. The summed E-state index contributed by atoms with van der Waals surface area (Å²) in [6, 6.07) is 6.46. The Bertz CT molecular complexity index is 802. The molecule has 0 bridgehead atoms. The summed E-state index contributed by atoms with van der Waals surface area (Å²) in [6.07, 6.45) is 0.